The molecule has 6 rings (SSSR count). The van der Waals surface area contributed by atoms with Gasteiger partial charge >= 0.3 is 0 Å². The number of aryl methyl sites for hydroxylation is 1. The first-order valence-electron chi connectivity index (χ1n) is 13.5. The Labute approximate surface area is 222 Å². The van der Waals surface area contributed by atoms with Crippen molar-refractivity contribution in [2.24, 2.45) is 17.8 Å². The molecule has 4 atom stereocenters. The van der Waals surface area contributed by atoms with E-state index in [1.165, 1.54) is 0 Å². The Kier molecular flexibility index (Phi) is 6.54. The number of alkyl halides is 3. The molecule has 3 heterocycles. The number of halogens is 3. The maximum Gasteiger partial charge on any atom is 0.276 e. The van der Waals surface area contributed by atoms with Crippen LogP contribution in [0.3, 0.4) is 0 Å². The highest BCUT2D eigenvalue weighted by Crippen LogP contribution is 2.43. The molecule has 3 aliphatic rings. The highest BCUT2D eigenvalue weighted by molar-refractivity contribution is 5.93. The van der Waals surface area contributed by atoms with Gasteiger partial charge in [0.05, 0.1) is 36.1 Å². The van der Waals surface area contributed by atoms with Crippen LogP contribution in [0, 0.1) is 24.7 Å². The van der Waals surface area contributed by atoms with Crippen molar-refractivity contribution in [2.45, 2.75) is 82.5 Å². The standard InChI is InChI=1S/C26H30F3N7O3/c1-13-21(35-39-34-13)25(38)33-23(15-6-8-26(28,29)9-7-15)19-12-36-20(31-19)10-16(11-30-36)22(14-2-3-14)32-24(37)17-4-5-18(17)27/h10-12,14-15,17-18,22-23H,2-9H2,1H3,(H,32,37)(H,33,38)/t17-,18+,22?,23+/m1/s1. The Hall–Kier alpha value is -3.51. The zero-order valence-corrected chi connectivity index (χ0v) is 21.4. The maximum absolute atomic E-state index is 13.9. The number of fused-ring (bicyclic) bond motifs is 1. The second-order valence-corrected chi connectivity index (χ2v) is 11.1. The van der Waals surface area contributed by atoms with E-state index in [0.29, 0.717) is 29.9 Å². The molecular weight excluding hydrogens is 515 g/mol. The van der Waals surface area contributed by atoms with Crippen LogP contribution in [0.25, 0.3) is 5.65 Å². The summed E-state index contributed by atoms with van der Waals surface area (Å²) in [7, 11) is 0. The number of rotatable bonds is 8. The van der Waals surface area contributed by atoms with Gasteiger partial charge in [-0.1, -0.05) is 5.16 Å². The molecule has 3 fully saturated rings. The Bertz CT molecular complexity index is 1380. The van der Waals surface area contributed by atoms with Gasteiger partial charge in [-0.3, -0.25) is 9.59 Å². The van der Waals surface area contributed by atoms with Crippen LogP contribution in [0.2, 0.25) is 0 Å². The summed E-state index contributed by atoms with van der Waals surface area (Å²) in [6.07, 6.45) is 5.01. The molecule has 3 aliphatic carbocycles. The normalized spacial score (nSPS) is 24.6. The van der Waals surface area contributed by atoms with Crippen molar-refractivity contribution in [1.82, 2.24) is 35.5 Å². The van der Waals surface area contributed by atoms with Crippen LogP contribution < -0.4 is 10.6 Å². The zero-order chi connectivity index (χ0) is 27.3. The van der Waals surface area contributed by atoms with Crippen LogP contribution in [-0.2, 0) is 4.79 Å². The SMILES string of the molecule is Cc1nonc1C(=O)N[C@H](c1cn2ncc(C(NC(=O)[C@@H]3CC[C@@H]3F)C3CC3)cc2n1)C1CCC(F)(F)CC1. The van der Waals surface area contributed by atoms with Crippen LogP contribution in [0.15, 0.2) is 23.1 Å². The van der Waals surface area contributed by atoms with Crippen LogP contribution in [0.5, 0.6) is 0 Å². The lowest BCUT2D eigenvalue weighted by atomic mass is 9.81. The first-order chi connectivity index (χ1) is 18.7. The van der Waals surface area contributed by atoms with E-state index in [1.807, 2.05) is 6.07 Å². The minimum absolute atomic E-state index is 0.0234. The molecule has 2 N–H and O–H groups in total. The van der Waals surface area contributed by atoms with Crippen molar-refractivity contribution in [1.29, 1.82) is 0 Å². The van der Waals surface area contributed by atoms with E-state index in [1.54, 1.807) is 23.8 Å². The summed E-state index contributed by atoms with van der Waals surface area (Å²) in [5.74, 6) is -4.15. The molecule has 1 unspecified atom stereocenters. The molecule has 0 aromatic carbocycles. The monoisotopic (exact) mass is 545 g/mol. The van der Waals surface area contributed by atoms with E-state index < -0.39 is 30.0 Å². The lowest BCUT2D eigenvalue weighted by Crippen LogP contribution is -2.43. The van der Waals surface area contributed by atoms with Crippen molar-refractivity contribution in [3.63, 3.8) is 0 Å². The van der Waals surface area contributed by atoms with Gasteiger partial charge in [0, 0.05) is 12.8 Å². The first-order valence-corrected chi connectivity index (χ1v) is 13.5. The summed E-state index contributed by atoms with van der Waals surface area (Å²) < 4.78 is 47.9. The number of hydrogen-bond donors (Lipinski definition) is 2. The second kappa shape index (κ2) is 9.91. The molecule has 3 saturated carbocycles. The van der Waals surface area contributed by atoms with Crippen molar-refractivity contribution in [3.8, 4) is 0 Å². The lowest BCUT2D eigenvalue weighted by Gasteiger charge is -2.33. The quantitative estimate of drug-likeness (QED) is 0.438. The Morgan fingerprint density at radius 2 is 1.79 bits per heavy atom. The summed E-state index contributed by atoms with van der Waals surface area (Å²) in [5, 5.41) is 17.7. The van der Waals surface area contributed by atoms with E-state index in [-0.39, 0.29) is 55.2 Å². The number of nitrogens with zero attached hydrogens (tertiary/aromatic N) is 5. The fraction of sp³-hybridized carbons (Fsp3) is 0.615. The number of hydrogen-bond acceptors (Lipinski definition) is 7. The molecule has 2 amide bonds. The molecule has 0 spiro atoms. The van der Waals surface area contributed by atoms with Gasteiger partial charge in [-0.25, -0.2) is 27.3 Å². The number of carbonyl (C=O) groups is 2. The third-order valence-electron chi connectivity index (χ3n) is 8.34. The van der Waals surface area contributed by atoms with Crippen LogP contribution in [0.1, 0.15) is 90.9 Å². The Morgan fingerprint density at radius 3 is 2.41 bits per heavy atom. The highest BCUT2D eigenvalue weighted by Gasteiger charge is 2.41. The molecule has 208 valence electrons. The summed E-state index contributed by atoms with van der Waals surface area (Å²) in [5.41, 5.74) is 2.09. The molecule has 39 heavy (non-hydrogen) atoms. The van der Waals surface area contributed by atoms with Gasteiger partial charge in [-0.2, -0.15) is 5.10 Å². The van der Waals surface area contributed by atoms with Crippen LogP contribution in [0.4, 0.5) is 13.2 Å². The average molecular weight is 546 g/mol. The average Bonchev–Trinajstić information content (AvgIpc) is 3.50. The summed E-state index contributed by atoms with van der Waals surface area (Å²) >= 11 is 0. The molecule has 3 aromatic heterocycles. The van der Waals surface area contributed by atoms with Crippen molar-refractivity contribution in [3.05, 3.63) is 41.1 Å². The van der Waals surface area contributed by atoms with Gasteiger partial charge in [-0.05, 0) is 74.1 Å². The second-order valence-electron chi connectivity index (χ2n) is 11.1. The van der Waals surface area contributed by atoms with E-state index in [0.717, 1.165) is 18.4 Å². The molecule has 10 nitrogen and oxygen atoms in total. The maximum atomic E-state index is 13.9. The summed E-state index contributed by atoms with van der Waals surface area (Å²) in [6.45, 7) is 1.59. The highest BCUT2D eigenvalue weighted by atomic mass is 19.3. The van der Waals surface area contributed by atoms with E-state index in [9.17, 15) is 22.8 Å². The minimum atomic E-state index is -2.73. The number of amides is 2. The predicted molar refractivity (Wildman–Crippen MR) is 130 cm³/mol. The largest absolute Gasteiger partial charge is 0.349 e. The van der Waals surface area contributed by atoms with E-state index in [2.05, 4.69) is 30.7 Å². The Balaban J connectivity index is 1.27. The van der Waals surface area contributed by atoms with Crippen molar-refractivity contribution >= 4 is 17.5 Å². The Morgan fingerprint density at radius 1 is 1.05 bits per heavy atom. The van der Waals surface area contributed by atoms with Crippen molar-refractivity contribution in [2.75, 3.05) is 0 Å². The van der Waals surface area contributed by atoms with Gasteiger partial charge in [-0.15, -0.1) is 0 Å². The number of nitrogens with one attached hydrogen (secondary N) is 2. The van der Waals surface area contributed by atoms with Crippen molar-refractivity contribution < 1.29 is 27.4 Å². The first kappa shape index (κ1) is 25.8. The van der Waals surface area contributed by atoms with Gasteiger partial charge in [0.15, 0.2) is 11.3 Å². The molecule has 0 bridgehead atoms. The third kappa shape index (κ3) is 5.22. The number of imidazole rings is 1. The molecule has 0 radical (unpaired) electrons. The van der Waals surface area contributed by atoms with Crippen LogP contribution in [-0.4, -0.2) is 48.8 Å². The zero-order valence-electron chi connectivity index (χ0n) is 21.4. The van der Waals surface area contributed by atoms with Gasteiger partial charge < -0.3 is 10.6 Å². The lowest BCUT2D eigenvalue weighted by molar-refractivity contribution is -0.131. The van der Waals surface area contributed by atoms with Gasteiger partial charge in [0.2, 0.25) is 11.8 Å². The molecule has 0 saturated heterocycles. The molecule has 3 aromatic rings. The third-order valence-corrected chi connectivity index (χ3v) is 8.34. The number of aromatic nitrogens is 5. The number of carbonyl (C=O) groups excluding carboxylic acids is 2. The van der Waals surface area contributed by atoms with E-state index >= 15 is 0 Å². The summed E-state index contributed by atoms with van der Waals surface area (Å²) in [4.78, 5) is 30.4. The smallest absolute Gasteiger partial charge is 0.276 e. The fourth-order valence-corrected chi connectivity index (χ4v) is 5.62. The van der Waals surface area contributed by atoms with Gasteiger partial charge in [0.25, 0.3) is 5.91 Å². The minimum Gasteiger partial charge on any atom is -0.349 e. The molecule has 13 heteroatoms. The molecular formula is C26H30F3N7O3. The molecule has 0 aliphatic heterocycles. The van der Waals surface area contributed by atoms with Crippen LogP contribution >= 0.6 is 0 Å². The van der Waals surface area contributed by atoms with Gasteiger partial charge in [0.1, 0.15) is 11.9 Å². The fourth-order valence-electron chi connectivity index (χ4n) is 5.62. The summed E-state index contributed by atoms with van der Waals surface area (Å²) in [6, 6.07) is 0.878. The van der Waals surface area contributed by atoms with E-state index in [4.69, 9.17) is 4.98 Å². The predicted octanol–water partition coefficient (Wildman–Crippen LogP) is 4.03. The topological polar surface area (TPSA) is 127 Å².